The monoisotopic (exact) mass is 585 g/mol. The molecule has 1 aromatic carbocycles. The Morgan fingerprint density at radius 1 is 1.12 bits per heavy atom. The maximum atomic E-state index is 13.7. The van der Waals surface area contributed by atoms with Crippen molar-refractivity contribution in [3.05, 3.63) is 40.9 Å². The van der Waals surface area contributed by atoms with Crippen molar-refractivity contribution in [3.8, 4) is 0 Å². The molecule has 1 saturated heterocycles. The van der Waals surface area contributed by atoms with Crippen LogP contribution in [0.2, 0.25) is 0 Å². The first-order valence-electron chi connectivity index (χ1n) is 14.9. The predicted octanol–water partition coefficient (Wildman–Crippen LogP) is 3.78. The van der Waals surface area contributed by atoms with E-state index >= 15 is 0 Å². The maximum absolute atomic E-state index is 13.7. The Balaban J connectivity index is 1.74. The van der Waals surface area contributed by atoms with Gasteiger partial charge in [-0.1, -0.05) is 47.3 Å². The lowest BCUT2D eigenvalue weighted by atomic mass is 9.91. The maximum Gasteiger partial charge on any atom is 0.247 e. The van der Waals surface area contributed by atoms with Gasteiger partial charge in [-0.15, -0.1) is 11.3 Å². The van der Waals surface area contributed by atoms with Crippen molar-refractivity contribution in [2.45, 2.75) is 78.3 Å². The summed E-state index contributed by atoms with van der Waals surface area (Å²) in [4.78, 5) is 45.9. The highest BCUT2D eigenvalue weighted by atomic mass is 32.1. The molecule has 10 heteroatoms. The van der Waals surface area contributed by atoms with E-state index in [0.717, 1.165) is 41.2 Å². The number of benzene rings is 1. The number of ether oxygens (including phenoxy) is 1. The van der Waals surface area contributed by atoms with E-state index in [0.29, 0.717) is 37.7 Å². The molecule has 0 aliphatic carbocycles. The van der Waals surface area contributed by atoms with Gasteiger partial charge in [-0.25, -0.2) is 4.98 Å². The van der Waals surface area contributed by atoms with Gasteiger partial charge in [0, 0.05) is 50.8 Å². The third-order valence-corrected chi connectivity index (χ3v) is 8.79. The molecule has 0 saturated carbocycles. The highest BCUT2D eigenvalue weighted by Gasteiger charge is 2.30. The van der Waals surface area contributed by atoms with Crippen LogP contribution in [0, 0.1) is 5.92 Å². The molecular formula is C31H47N5O4S. The SMILES string of the molecule is C=C(CN(CC)CC)C(=O)NCC(NC(=O)[C@H](Cc1nc2ccc(C(C)C)cc2s1)NC(=O)CC)C1CCOCC1. The van der Waals surface area contributed by atoms with Crippen molar-refractivity contribution < 1.29 is 19.1 Å². The highest BCUT2D eigenvalue weighted by Crippen LogP contribution is 2.27. The fourth-order valence-electron chi connectivity index (χ4n) is 4.97. The minimum Gasteiger partial charge on any atom is -0.381 e. The average molecular weight is 586 g/mol. The van der Waals surface area contributed by atoms with Gasteiger partial charge in [-0.05, 0) is 55.5 Å². The number of thiazole rings is 1. The molecule has 1 aliphatic heterocycles. The molecule has 0 spiro atoms. The lowest BCUT2D eigenvalue weighted by molar-refractivity contribution is -0.129. The largest absolute Gasteiger partial charge is 0.381 e. The van der Waals surface area contributed by atoms with Crippen LogP contribution < -0.4 is 16.0 Å². The smallest absolute Gasteiger partial charge is 0.247 e. The molecule has 9 nitrogen and oxygen atoms in total. The quantitative estimate of drug-likeness (QED) is 0.274. The molecule has 1 aliphatic rings. The van der Waals surface area contributed by atoms with Gasteiger partial charge in [0.2, 0.25) is 17.7 Å². The van der Waals surface area contributed by atoms with Crippen molar-refractivity contribution in [1.82, 2.24) is 25.8 Å². The van der Waals surface area contributed by atoms with Gasteiger partial charge in [-0.2, -0.15) is 0 Å². The Labute approximate surface area is 248 Å². The van der Waals surface area contributed by atoms with E-state index in [1.54, 1.807) is 18.3 Å². The molecule has 3 amide bonds. The molecule has 2 atom stereocenters. The van der Waals surface area contributed by atoms with Crippen molar-refractivity contribution >= 4 is 39.3 Å². The van der Waals surface area contributed by atoms with Gasteiger partial charge in [0.1, 0.15) is 6.04 Å². The molecule has 2 heterocycles. The van der Waals surface area contributed by atoms with Crippen molar-refractivity contribution in [2.75, 3.05) is 39.4 Å². The zero-order valence-corrected chi connectivity index (χ0v) is 26.1. The van der Waals surface area contributed by atoms with Crippen molar-refractivity contribution in [2.24, 2.45) is 5.92 Å². The zero-order valence-electron chi connectivity index (χ0n) is 25.3. The summed E-state index contributed by atoms with van der Waals surface area (Å²) in [5.41, 5.74) is 2.63. The van der Waals surface area contributed by atoms with Gasteiger partial charge < -0.3 is 20.7 Å². The van der Waals surface area contributed by atoms with Crippen molar-refractivity contribution in [1.29, 1.82) is 0 Å². The van der Waals surface area contributed by atoms with Crippen LogP contribution in [-0.4, -0.2) is 79.1 Å². The molecule has 2 aromatic rings. The number of rotatable bonds is 15. The summed E-state index contributed by atoms with van der Waals surface area (Å²) in [6.07, 6.45) is 2.13. The van der Waals surface area contributed by atoms with E-state index in [-0.39, 0.29) is 42.6 Å². The van der Waals surface area contributed by atoms with Gasteiger partial charge in [0.15, 0.2) is 0 Å². The van der Waals surface area contributed by atoms with Gasteiger partial charge in [0.05, 0.1) is 15.2 Å². The first kappa shape index (κ1) is 32.7. The van der Waals surface area contributed by atoms with E-state index < -0.39 is 6.04 Å². The molecule has 3 rings (SSSR count). The summed E-state index contributed by atoms with van der Waals surface area (Å²) < 4.78 is 6.62. The Morgan fingerprint density at radius 3 is 2.46 bits per heavy atom. The molecule has 1 aromatic heterocycles. The summed E-state index contributed by atoms with van der Waals surface area (Å²) in [7, 11) is 0. The summed E-state index contributed by atoms with van der Waals surface area (Å²) in [5.74, 6) is -0.138. The first-order chi connectivity index (χ1) is 19.6. The first-order valence-corrected chi connectivity index (χ1v) is 15.7. The van der Waals surface area contributed by atoms with Gasteiger partial charge >= 0.3 is 0 Å². The van der Waals surface area contributed by atoms with Crippen LogP contribution in [-0.2, 0) is 25.5 Å². The lowest BCUT2D eigenvalue weighted by Crippen LogP contribution is -2.55. The average Bonchev–Trinajstić information content (AvgIpc) is 3.39. The van der Waals surface area contributed by atoms with Crippen molar-refractivity contribution in [3.63, 3.8) is 0 Å². The number of hydrogen-bond acceptors (Lipinski definition) is 7. The Bertz CT molecular complexity index is 1190. The van der Waals surface area contributed by atoms with Crippen LogP contribution in [0.1, 0.15) is 70.4 Å². The molecule has 226 valence electrons. The Morgan fingerprint density at radius 2 is 1.83 bits per heavy atom. The summed E-state index contributed by atoms with van der Waals surface area (Å²) in [6, 6.07) is 5.18. The second-order valence-corrected chi connectivity index (χ2v) is 12.1. The number of carbonyl (C=O) groups excluding carboxylic acids is 3. The highest BCUT2D eigenvalue weighted by molar-refractivity contribution is 7.18. The number of hydrogen-bond donors (Lipinski definition) is 3. The summed E-state index contributed by atoms with van der Waals surface area (Å²) in [6.45, 7) is 17.8. The number of aromatic nitrogens is 1. The van der Waals surface area contributed by atoms with Crippen LogP contribution in [0.4, 0.5) is 0 Å². The fraction of sp³-hybridized carbons (Fsp3) is 0.613. The summed E-state index contributed by atoms with van der Waals surface area (Å²) >= 11 is 1.55. The molecule has 41 heavy (non-hydrogen) atoms. The Kier molecular flexibility index (Phi) is 12.7. The number of carbonyl (C=O) groups is 3. The third kappa shape index (κ3) is 9.61. The standard InChI is InChI=1S/C31H47N5O4S/c1-7-28(37)33-25(17-29-34-24-11-10-23(20(4)5)16-27(24)41-29)31(39)35-26(22-12-14-40-15-13-22)18-32-30(38)21(6)19-36(8-2)9-3/h10-11,16,20,22,25-26H,6-9,12-15,17-19H2,1-5H3,(H,32,38)(H,33,37)(H,35,39)/t25-,26?/m0/s1. The lowest BCUT2D eigenvalue weighted by Gasteiger charge is -2.32. The van der Waals surface area contributed by atoms with Crippen LogP contribution in [0.25, 0.3) is 10.2 Å². The minimum atomic E-state index is -0.775. The predicted molar refractivity (Wildman–Crippen MR) is 165 cm³/mol. The van der Waals surface area contributed by atoms with Crippen LogP contribution in [0.15, 0.2) is 30.4 Å². The molecular weight excluding hydrogens is 538 g/mol. The number of fused-ring (bicyclic) bond motifs is 1. The molecule has 0 radical (unpaired) electrons. The topological polar surface area (TPSA) is 113 Å². The van der Waals surface area contributed by atoms with E-state index in [1.165, 1.54) is 5.56 Å². The number of nitrogens with one attached hydrogen (secondary N) is 3. The van der Waals surface area contributed by atoms with E-state index in [9.17, 15) is 14.4 Å². The second-order valence-electron chi connectivity index (χ2n) is 11.0. The van der Waals surface area contributed by atoms with Crippen LogP contribution >= 0.6 is 11.3 Å². The minimum absolute atomic E-state index is 0.142. The van der Waals surface area contributed by atoms with Crippen LogP contribution in [0.3, 0.4) is 0 Å². The number of amides is 3. The second kappa shape index (κ2) is 16.0. The van der Waals surface area contributed by atoms with E-state index in [1.807, 2.05) is 6.07 Å². The molecule has 1 unspecified atom stereocenters. The van der Waals surface area contributed by atoms with Gasteiger partial charge in [-0.3, -0.25) is 19.3 Å². The van der Waals surface area contributed by atoms with E-state index in [2.05, 4.69) is 67.3 Å². The third-order valence-electron chi connectivity index (χ3n) is 7.75. The fourth-order valence-corrected chi connectivity index (χ4v) is 6.03. The van der Waals surface area contributed by atoms with Gasteiger partial charge in [0.25, 0.3) is 0 Å². The normalized spacial score (nSPS) is 15.6. The zero-order chi connectivity index (χ0) is 29.9. The molecule has 1 fully saturated rings. The van der Waals surface area contributed by atoms with E-state index in [4.69, 9.17) is 9.72 Å². The number of likely N-dealkylation sites (N-methyl/N-ethyl adjacent to an activating group) is 1. The summed E-state index contributed by atoms with van der Waals surface area (Å²) in [5, 5.41) is 9.85. The molecule has 3 N–H and O–H groups in total. The Hall–Kier alpha value is -2.82. The number of nitrogens with zero attached hydrogens (tertiary/aromatic N) is 2. The molecule has 0 bridgehead atoms. The van der Waals surface area contributed by atoms with Crippen LogP contribution in [0.5, 0.6) is 0 Å².